The number of carbonyl (C=O) groups is 2. The molecule has 3 fully saturated rings. The van der Waals surface area contributed by atoms with Gasteiger partial charge in [0, 0.05) is 40.4 Å². The van der Waals surface area contributed by atoms with Gasteiger partial charge in [-0.1, -0.05) is 31.0 Å². The van der Waals surface area contributed by atoms with Gasteiger partial charge in [0.15, 0.2) is 5.78 Å². The standard InChI is InChI=1S/C32H47N3O3S/c1-22-8-3-6-13-30(22)39-27-10-7-9-24(15-17-27)14-16-26(37)21-34-29-12-5-4-11-28(29)31(33)32(38)35-19-18-25(36)20-23(35)2/h3,6,8,13,23-25,27,36H,4-5,7,9-12,14-21,33H2,1-2H3/t23-,24?,25-,27?/m0/s1. The van der Waals surface area contributed by atoms with Crippen molar-refractivity contribution < 1.29 is 14.7 Å². The van der Waals surface area contributed by atoms with E-state index in [0.717, 1.165) is 43.4 Å². The van der Waals surface area contributed by atoms with E-state index in [9.17, 15) is 14.7 Å². The number of thioether (sulfide) groups is 1. The predicted octanol–water partition coefficient (Wildman–Crippen LogP) is 5.98. The van der Waals surface area contributed by atoms with E-state index in [2.05, 4.69) is 31.2 Å². The van der Waals surface area contributed by atoms with Crippen LogP contribution in [0.5, 0.6) is 0 Å². The Morgan fingerprint density at radius 1 is 1.08 bits per heavy atom. The van der Waals surface area contributed by atoms with Crippen molar-refractivity contribution in [2.75, 3.05) is 13.1 Å². The summed E-state index contributed by atoms with van der Waals surface area (Å²) in [6.07, 6.45) is 12.0. The summed E-state index contributed by atoms with van der Waals surface area (Å²) in [5, 5.41) is 10.6. The molecule has 3 N–H and O–H groups in total. The summed E-state index contributed by atoms with van der Waals surface area (Å²) in [5.74, 6) is 0.649. The van der Waals surface area contributed by atoms with Crippen LogP contribution in [0.25, 0.3) is 0 Å². The lowest BCUT2D eigenvalue weighted by Gasteiger charge is -2.36. The number of hydrogen-bond donors (Lipinski definition) is 2. The van der Waals surface area contributed by atoms with Gasteiger partial charge >= 0.3 is 0 Å². The molecule has 214 valence electrons. The van der Waals surface area contributed by atoms with Crippen LogP contribution in [0, 0.1) is 12.8 Å². The molecular weight excluding hydrogens is 506 g/mol. The number of allylic oxidation sites excluding steroid dienone is 1. The number of Topliss-reactive ketones (excluding diaryl/α,β-unsaturated/α-hetero) is 1. The van der Waals surface area contributed by atoms with Crippen molar-refractivity contribution in [2.24, 2.45) is 16.6 Å². The molecule has 0 aromatic heterocycles. The first-order chi connectivity index (χ1) is 18.8. The maximum Gasteiger partial charge on any atom is 0.270 e. The highest BCUT2D eigenvalue weighted by atomic mass is 32.2. The molecule has 1 heterocycles. The third-order valence-electron chi connectivity index (χ3n) is 8.80. The lowest BCUT2D eigenvalue weighted by molar-refractivity contribution is -0.132. The molecule has 2 unspecified atom stereocenters. The number of piperidine rings is 1. The lowest BCUT2D eigenvalue weighted by Crippen LogP contribution is -2.48. The SMILES string of the molecule is Cc1ccccc1SC1CCCC(CCC(=O)CN=C2CCCCC2=C(N)C(=O)N2CC[C@H](O)C[C@@H]2C)CC1. The first-order valence-corrected chi connectivity index (χ1v) is 15.9. The molecule has 0 radical (unpaired) electrons. The van der Waals surface area contributed by atoms with E-state index in [1.54, 1.807) is 4.90 Å². The van der Waals surface area contributed by atoms with E-state index in [-0.39, 0.29) is 36.1 Å². The molecule has 1 aliphatic heterocycles. The van der Waals surface area contributed by atoms with E-state index in [4.69, 9.17) is 10.7 Å². The second kappa shape index (κ2) is 14.5. The number of likely N-dealkylation sites (tertiary alicyclic amines) is 1. The quantitative estimate of drug-likeness (QED) is 0.305. The van der Waals surface area contributed by atoms with Gasteiger partial charge in [0.2, 0.25) is 0 Å². The Kier molecular flexibility index (Phi) is 11.1. The van der Waals surface area contributed by atoms with Gasteiger partial charge in [-0.05, 0) is 95.6 Å². The second-order valence-electron chi connectivity index (χ2n) is 11.8. The van der Waals surface area contributed by atoms with E-state index < -0.39 is 0 Å². The van der Waals surface area contributed by atoms with Crippen LogP contribution in [0.1, 0.15) is 96.0 Å². The van der Waals surface area contributed by atoms with Crippen molar-refractivity contribution in [2.45, 2.75) is 120 Å². The molecule has 4 rings (SSSR count). The van der Waals surface area contributed by atoms with Crippen LogP contribution in [0.3, 0.4) is 0 Å². The summed E-state index contributed by atoms with van der Waals surface area (Å²) >= 11 is 2.03. The molecule has 1 amide bonds. The topological polar surface area (TPSA) is 96.0 Å². The number of carbonyl (C=O) groups excluding carboxylic acids is 2. The van der Waals surface area contributed by atoms with Gasteiger partial charge in [-0.25, -0.2) is 0 Å². The zero-order valence-electron chi connectivity index (χ0n) is 23.9. The van der Waals surface area contributed by atoms with Gasteiger partial charge in [0.1, 0.15) is 5.70 Å². The van der Waals surface area contributed by atoms with Gasteiger partial charge in [-0.3, -0.25) is 14.6 Å². The summed E-state index contributed by atoms with van der Waals surface area (Å²) in [4.78, 5) is 33.9. The van der Waals surface area contributed by atoms with Crippen LogP contribution in [-0.4, -0.2) is 57.9 Å². The summed E-state index contributed by atoms with van der Waals surface area (Å²) in [7, 11) is 0. The number of rotatable bonds is 8. The molecule has 3 aliphatic rings. The van der Waals surface area contributed by atoms with Crippen molar-refractivity contribution in [3.63, 3.8) is 0 Å². The highest BCUT2D eigenvalue weighted by molar-refractivity contribution is 8.00. The van der Waals surface area contributed by atoms with Crippen molar-refractivity contribution >= 4 is 29.2 Å². The molecule has 0 spiro atoms. The maximum absolute atomic E-state index is 13.2. The van der Waals surface area contributed by atoms with Crippen LogP contribution >= 0.6 is 11.8 Å². The number of benzene rings is 1. The third kappa shape index (κ3) is 8.43. The molecule has 2 saturated carbocycles. The van der Waals surface area contributed by atoms with E-state index in [1.165, 1.54) is 42.6 Å². The summed E-state index contributed by atoms with van der Waals surface area (Å²) in [6.45, 7) is 4.86. The molecule has 1 aromatic carbocycles. The van der Waals surface area contributed by atoms with Crippen molar-refractivity contribution in [3.05, 3.63) is 41.1 Å². The fourth-order valence-corrected chi connectivity index (χ4v) is 7.64. The minimum atomic E-state index is -0.354. The fourth-order valence-electron chi connectivity index (χ4n) is 6.33. The molecule has 2 aliphatic carbocycles. The molecule has 6 nitrogen and oxygen atoms in total. The summed E-state index contributed by atoms with van der Waals surface area (Å²) in [6, 6.07) is 8.62. The molecule has 0 bridgehead atoms. The van der Waals surface area contributed by atoms with Gasteiger partial charge in [-0.2, -0.15) is 0 Å². The van der Waals surface area contributed by atoms with Gasteiger partial charge < -0.3 is 15.7 Å². The number of aryl methyl sites for hydroxylation is 1. The molecule has 4 atom stereocenters. The predicted molar refractivity (Wildman–Crippen MR) is 160 cm³/mol. The Balaban J connectivity index is 1.27. The van der Waals surface area contributed by atoms with Gasteiger partial charge in [0.05, 0.1) is 12.6 Å². The number of nitrogens with two attached hydrogens (primary N) is 1. The maximum atomic E-state index is 13.2. The minimum absolute atomic E-state index is 0.0359. The first-order valence-electron chi connectivity index (χ1n) is 15.1. The van der Waals surface area contributed by atoms with Crippen LogP contribution in [0.2, 0.25) is 0 Å². The Morgan fingerprint density at radius 3 is 2.67 bits per heavy atom. The van der Waals surface area contributed by atoms with Crippen molar-refractivity contribution in [1.29, 1.82) is 0 Å². The minimum Gasteiger partial charge on any atom is -0.394 e. The number of ketones is 1. The summed E-state index contributed by atoms with van der Waals surface area (Å²) < 4.78 is 0. The third-order valence-corrected chi connectivity index (χ3v) is 10.3. The largest absolute Gasteiger partial charge is 0.394 e. The molecular formula is C32H47N3O3S. The Morgan fingerprint density at radius 2 is 1.87 bits per heavy atom. The van der Waals surface area contributed by atoms with E-state index in [0.29, 0.717) is 37.0 Å². The van der Waals surface area contributed by atoms with Gasteiger partial charge in [0.25, 0.3) is 5.91 Å². The number of nitrogens with zero attached hydrogens (tertiary/aromatic N) is 2. The monoisotopic (exact) mass is 553 g/mol. The van der Waals surface area contributed by atoms with Gasteiger partial charge in [-0.15, -0.1) is 11.8 Å². The summed E-state index contributed by atoms with van der Waals surface area (Å²) in [5.41, 5.74) is 9.73. The number of aliphatic hydroxyl groups excluding tert-OH is 1. The Labute approximate surface area is 238 Å². The highest BCUT2D eigenvalue weighted by Gasteiger charge is 2.31. The fraction of sp³-hybridized carbons (Fsp3) is 0.656. The zero-order valence-corrected chi connectivity index (χ0v) is 24.7. The number of aliphatic hydroxyl groups is 1. The second-order valence-corrected chi connectivity index (χ2v) is 13.2. The average Bonchev–Trinajstić information content (AvgIpc) is 3.16. The van der Waals surface area contributed by atoms with Crippen LogP contribution < -0.4 is 5.73 Å². The Hall–Kier alpha value is -2.12. The smallest absolute Gasteiger partial charge is 0.270 e. The van der Waals surface area contributed by atoms with Crippen molar-refractivity contribution in [3.8, 4) is 0 Å². The number of hydrogen-bond acceptors (Lipinski definition) is 6. The van der Waals surface area contributed by atoms with Crippen LogP contribution in [0.4, 0.5) is 0 Å². The average molecular weight is 554 g/mol. The molecule has 1 aromatic rings. The van der Waals surface area contributed by atoms with E-state index >= 15 is 0 Å². The number of aliphatic imine (C=N–C) groups is 1. The van der Waals surface area contributed by atoms with E-state index in [1.807, 2.05) is 18.7 Å². The highest BCUT2D eigenvalue weighted by Crippen LogP contribution is 2.37. The molecule has 39 heavy (non-hydrogen) atoms. The molecule has 1 saturated heterocycles. The first kappa shape index (κ1) is 29.9. The number of amides is 1. The normalized spacial score (nSPS) is 28.7. The Bertz CT molecular complexity index is 1070. The van der Waals surface area contributed by atoms with Crippen LogP contribution in [0.15, 0.2) is 45.4 Å². The lowest BCUT2D eigenvalue weighted by atomic mass is 9.90. The molecule has 7 heteroatoms. The van der Waals surface area contributed by atoms with Crippen molar-refractivity contribution in [1.82, 2.24) is 4.90 Å². The van der Waals surface area contributed by atoms with Crippen LogP contribution in [-0.2, 0) is 9.59 Å². The zero-order chi connectivity index (χ0) is 27.8.